The fraction of sp³-hybridized carbons (Fsp3) is 0.938. The Morgan fingerprint density at radius 3 is 2.79 bits per heavy atom. The van der Waals surface area contributed by atoms with Gasteiger partial charge >= 0.3 is 0 Å². The van der Waals surface area contributed by atoms with Crippen molar-refractivity contribution >= 4 is 5.78 Å². The summed E-state index contributed by atoms with van der Waals surface area (Å²) in [5, 5.41) is 13.5. The van der Waals surface area contributed by atoms with Crippen molar-refractivity contribution in [1.82, 2.24) is 0 Å². The van der Waals surface area contributed by atoms with Crippen LogP contribution in [0.4, 0.5) is 0 Å². The number of carbonyl (C=O) groups is 1. The lowest BCUT2D eigenvalue weighted by molar-refractivity contribution is -0.955. The summed E-state index contributed by atoms with van der Waals surface area (Å²) in [5.74, 6) is 2.26. The Morgan fingerprint density at radius 1 is 1.26 bits per heavy atom. The molecule has 0 amide bonds. The molecule has 1 unspecified atom stereocenters. The van der Waals surface area contributed by atoms with Crippen molar-refractivity contribution in [2.45, 2.75) is 57.4 Å². The lowest BCUT2D eigenvalue weighted by Gasteiger charge is -2.71. The largest absolute Gasteiger partial charge is 0.632 e. The number of carbonyl (C=O) groups excluding carboxylic acids is 1. The van der Waals surface area contributed by atoms with E-state index < -0.39 is 0 Å². The molecule has 0 aromatic heterocycles. The molecule has 2 aliphatic carbocycles. The van der Waals surface area contributed by atoms with Crippen molar-refractivity contribution in [3.05, 3.63) is 5.21 Å². The molecule has 3 heteroatoms. The summed E-state index contributed by atoms with van der Waals surface area (Å²) in [4.78, 5) is 12.6. The minimum Gasteiger partial charge on any atom is -0.632 e. The molecular weight excluding hydrogens is 238 g/mol. The van der Waals surface area contributed by atoms with Crippen LogP contribution in [0.3, 0.4) is 0 Å². The van der Waals surface area contributed by atoms with Gasteiger partial charge in [-0.2, -0.15) is 0 Å². The molecule has 4 rings (SSSR count). The number of rotatable bonds is 0. The molecule has 6 atom stereocenters. The Labute approximate surface area is 115 Å². The fourth-order valence-electron chi connectivity index (χ4n) is 6.48. The maximum absolute atomic E-state index is 13.5. The molecule has 0 aromatic carbocycles. The normalized spacial score (nSPS) is 56.6. The molecular formula is C16H25NO2. The quantitative estimate of drug-likeness (QED) is 0.498. The van der Waals surface area contributed by atoms with Gasteiger partial charge in [0.2, 0.25) is 0 Å². The minimum absolute atomic E-state index is 0.00505. The lowest BCUT2D eigenvalue weighted by atomic mass is 9.48. The van der Waals surface area contributed by atoms with Crippen LogP contribution in [0.2, 0.25) is 0 Å². The summed E-state index contributed by atoms with van der Waals surface area (Å²) in [6, 6.07) is 0. The number of quaternary nitrogens is 1. The van der Waals surface area contributed by atoms with E-state index in [4.69, 9.17) is 0 Å². The molecule has 106 valence electrons. The predicted molar refractivity (Wildman–Crippen MR) is 73.1 cm³/mol. The first-order chi connectivity index (χ1) is 9.07. The summed E-state index contributed by atoms with van der Waals surface area (Å²) in [5.41, 5.74) is -0.200. The molecule has 4 fully saturated rings. The number of hydrogen-bond donors (Lipinski definition) is 0. The van der Waals surface area contributed by atoms with Crippen LogP contribution in [0.15, 0.2) is 0 Å². The van der Waals surface area contributed by atoms with Gasteiger partial charge in [0.1, 0.15) is 11.3 Å². The number of hydroxylamine groups is 3. The smallest absolute Gasteiger partial charge is 0.142 e. The number of hydrogen-bond acceptors (Lipinski definition) is 2. The molecule has 2 aliphatic heterocycles. The van der Waals surface area contributed by atoms with Gasteiger partial charge in [-0.1, -0.05) is 6.92 Å². The highest BCUT2D eigenvalue weighted by atomic mass is 16.6. The summed E-state index contributed by atoms with van der Waals surface area (Å²) < 4.78 is -0.00505. The third kappa shape index (κ3) is 1.38. The van der Waals surface area contributed by atoms with Crippen molar-refractivity contribution in [3.63, 3.8) is 0 Å². The van der Waals surface area contributed by atoms with Crippen LogP contribution in [-0.4, -0.2) is 29.1 Å². The summed E-state index contributed by atoms with van der Waals surface area (Å²) >= 11 is 0. The van der Waals surface area contributed by atoms with E-state index in [1.165, 1.54) is 12.8 Å². The molecule has 0 radical (unpaired) electrons. The Bertz CT molecular complexity index is 419. The van der Waals surface area contributed by atoms with E-state index in [1.54, 1.807) is 0 Å². The number of piperidine rings is 2. The summed E-state index contributed by atoms with van der Waals surface area (Å²) in [7, 11) is 0. The summed E-state index contributed by atoms with van der Waals surface area (Å²) in [6.07, 6.45) is 7.25. The van der Waals surface area contributed by atoms with Crippen LogP contribution in [0.25, 0.3) is 0 Å². The molecule has 2 saturated carbocycles. The fourth-order valence-corrected chi connectivity index (χ4v) is 6.48. The molecule has 3 nitrogen and oxygen atoms in total. The van der Waals surface area contributed by atoms with Gasteiger partial charge in [0, 0.05) is 18.8 Å². The van der Waals surface area contributed by atoms with Crippen molar-refractivity contribution < 1.29 is 9.44 Å². The van der Waals surface area contributed by atoms with E-state index in [2.05, 4.69) is 6.92 Å². The number of nitrogens with zero attached hydrogens (tertiary/aromatic N) is 1. The van der Waals surface area contributed by atoms with Crippen LogP contribution >= 0.6 is 0 Å². The number of ketones is 1. The van der Waals surface area contributed by atoms with Crippen LogP contribution in [-0.2, 0) is 4.79 Å². The highest BCUT2D eigenvalue weighted by Crippen LogP contribution is 2.61. The Balaban J connectivity index is 1.88. The van der Waals surface area contributed by atoms with Gasteiger partial charge in [-0.25, -0.2) is 0 Å². The highest BCUT2D eigenvalue weighted by Gasteiger charge is 2.67. The minimum atomic E-state index is -0.200. The maximum Gasteiger partial charge on any atom is 0.142 e. The Kier molecular flexibility index (Phi) is 2.48. The van der Waals surface area contributed by atoms with Gasteiger partial charge in [0.05, 0.1) is 19.0 Å². The van der Waals surface area contributed by atoms with Crippen molar-refractivity contribution in [1.29, 1.82) is 0 Å². The molecule has 2 heterocycles. The van der Waals surface area contributed by atoms with E-state index in [9.17, 15) is 10.0 Å². The predicted octanol–water partition coefficient (Wildman–Crippen LogP) is 2.88. The molecule has 2 bridgehead atoms. The second-order valence-corrected chi connectivity index (χ2v) is 7.75. The zero-order valence-electron chi connectivity index (χ0n) is 11.9. The van der Waals surface area contributed by atoms with Crippen molar-refractivity contribution in [2.24, 2.45) is 23.7 Å². The second-order valence-electron chi connectivity index (χ2n) is 7.75. The van der Waals surface area contributed by atoms with Crippen LogP contribution < -0.4 is 0 Å². The van der Waals surface area contributed by atoms with E-state index in [0.29, 0.717) is 23.5 Å². The van der Waals surface area contributed by atoms with E-state index in [-0.39, 0.29) is 16.1 Å². The maximum atomic E-state index is 13.5. The molecule has 0 aromatic rings. The average molecular weight is 263 g/mol. The van der Waals surface area contributed by atoms with Crippen LogP contribution in [0.5, 0.6) is 0 Å². The van der Waals surface area contributed by atoms with E-state index >= 15 is 0 Å². The van der Waals surface area contributed by atoms with Gasteiger partial charge in [0.25, 0.3) is 0 Å². The second kappa shape index (κ2) is 3.82. The molecule has 2 saturated heterocycles. The zero-order chi connectivity index (χ0) is 13.3. The third-order valence-corrected chi connectivity index (χ3v) is 6.85. The molecule has 1 spiro atoms. The monoisotopic (exact) mass is 263 g/mol. The highest BCUT2D eigenvalue weighted by molar-refractivity contribution is 5.84. The molecule has 4 aliphatic rings. The molecule has 19 heavy (non-hydrogen) atoms. The van der Waals surface area contributed by atoms with Gasteiger partial charge in [-0.3, -0.25) is 4.79 Å². The van der Waals surface area contributed by atoms with E-state index in [0.717, 1.165) is 45.2 Å². The SMILES string of the molecule is C[C@@H]1C[C@H]2CC(=O)[C@H]3CCC[N+]4([O-])CCC[C@@H]2[C@]34C1. The van der Waals surface area contributed by atoms with Crippen LogP contribution in [0, 0.1) is 28.9 Å². The molecule has 0 N–H and O–H groups in total. The van der Waals surface area contributed by atoms with Gasteiger partial charge in [0.15, 0.2) is 0 Å². The lowest BCUT2D eigenvalue weighted by Crippen LogP contribution is -2.77. The van der Waals surface area contributed by atoms with Gasteiger partial charge < -0.3 is 9.85 Å². The Hall–Kier alpha value is -0.410. The first-order valence-corrected chi connectivity index (χ1v) is 8.18. The van der Waals surface area contributed by atoms with Crippen LogP contribution in [0.1, 0.15) is 51.9 Å². The zero-order valence-corrected chi connectivity index (χ0v) is 11.9. The van der Waals surface area contributed by atoms with Gasteiger partial charge in [-0.15, -0.1) is 0 Å². The topological polar surface area (TPSA) is 40.1 Å². The Morgan fingerprint density at radius 2 is 2.00 bits per heavy atom. The number of Topliss-reactive ketones (excluding diaryl/α,β-unsaturated/α-hetero) is 1. The summed E-state index contributed by atoms with van der Waals surface area (Å²) in [6.45, 7) is 3.86. The first-order valence-electron chi connectivity index (χ1n) is 8.18. The standard InChI is InChI=1S/C16H25NO2/c1-11-8-12-9-15(18)14-5-3-7-17(19)6-2-4-13(12)16(14,17)10-11/h11-14H,2-10H2,1H3/t11-,12+,13+,14-,16-,17?/m1/s1. The third-order valence-electron chi connectivity index (χ3n) is 6.85. The van der Waals surface area contributed by atoms with Crippen molar-refractivity contribution in [3.8, 4) is 0 Å². The van der Waals surface area contributed by atoms with E-state index in [1.807, 2.05) is 0 Å². The average Bonchev–Trinajstić information content (AvgIpc) is 2.34. The van der Waals surface area contributed by atoms with Crippen molar-refractivity contribution in [2.75, 3.05) is 13.1 Å². The first kappa shape index (κ1) is 12.3. The van der Waals surface area contributed by atoms with Gasteiger partial charge in [-0.05, 0) is 43.9 Å².